The zero-order valence-corrected chi connectivity index (χ0v) is 24.0. The van der Waals surface area contributed by atoms with Crippen LogP contribution in [0, 0.1) is 0 Å². The third-order valence-corrected chi connectivity index (χ3v) is 5.74. The van der Waals surface area contributed by atoms with Crippen LogP contribution in [0.3, 0.4) is 0 Å². The summed E-state index contributed by atoms with van der Waals surface area (Å²) in [5, 5.41) is 5.72. The maximum Gasteiger partial charge on any atom is 0.407 e. The van der Waals surface area contributed by atoms with Crippen LogP contribution in [0.2, 0.25) is 0 Å². The summed E-state index contributed by atoms with van der Waals surface area (Å²) in [6.07, 6.45) is 2.04. The lowest BCUT2D eigenvalue weighted by Gasteiger charge is -2.20. The Hall–Kier alpha value is -3.88. The molecule has 1 aromatic heterocycles. The Morgan fingerprint density at radius 1 is 0.897 bits per heavy atom. The Labute approximate surface area is 230 Å². The van der Waals surface area contributed by atoms with E-state index in [1.807, 2.05) is 49.6 Å². The number of anilines is 1. The van der Waals surface area contributed by atoms with Crippen LogP contribution in [-0.4, -0.2) is 45.3 Å². The van der Waals surface area contributed by atoms with Crippen LogP contribution in [0.15, 0.2) is 48.5 Å². The van der Waals surface area contributed by atoms with Crippen molar-refractivity contribution >= 4 is 35.0 Å². The van der Waals surface area contributed by atoms with Crippen LogP contribution in [0.5, 0.6) is 0 Å². The number of carbonyl (C=O) groups excluding carboxylic acids is 3. The van der Waals surface area contributed by atoms with E-state index >= 15 is 0 Å². The third-order valence-electron chi connectivity index (χ3n) is 5.74. The zero-order valence-electron chi connectivity index (χ0n) is 24.0. The molecule has 1 atom stereocenters. The summed E-state index contributed by atoms with van der Waals surface area (Å²) in [5.74, 6) is -0.423. The molecule has 1 heterocycles. The molecule has 9 nitrogen and oxygen atoms in total. The molecule has 0 aliphatic rings. The summed E-state index contributed by atoms with van der Waals surface area (Å²) < 4.78 is 12.7. The number of carbonyl (C=O) groups is 3. The molecule has 0 saturated carbocycles. The second-order valence-corrected chi connectivity index (χ2v) is 11.6. The van der Waals surface area contributed by atoms with E-state index in [4.69, 9.17) is 9.47 Å². The highest BCUT2D eigenvalue weighted by molar-refractivity contribution is 6.05. The SMILES string of the molecule is CC(CCCCNC(=O)OC(C)(C)C)n1c(NC(=O)c2cccc(C(=O)OC(C)(C)C)c2)nc2ccccc21. The van der Waals surface area contributed by atoms with Crippen LogP contribution >= 0.6 is 0 Å². The Bertz CT molecular complexity index is 1320. The largest absolute Gasteiger partial charge is 0.456 e. The molecular weight excluding hydrogens is 496 g/mol. The highest BCUT2D eigenvalue weighted by Crippen LogP contribution is 2.28. The van der Waals surface area contributed by atoms with Gasteiger partial charge in [0.05, 0.1) is 16.6 Å². The molecule has 3 aromatic rings. The van der Waals surface area contributed by atoms with Crippen LogP contribution in [0.4, 0.5) is 10.7 Å². The summed E-state index contributed by atoms with van der Waals surface area (Å²) in [7, 11) is 0. The monoisotopic (exact) mass is 536 g/mol. The molecule has 0 bridgehead atoms. The topological polar surface area (TPSA) is 112 Å². The van der Waals surface area contributed by atoms with Gasteiger partial charge in [-0.2, -0.15) is 0 Å². The molecule has 0 fully saturated rings. The molecule has 3 rings (SSSR count). The van der Waals surface area contributed by atoms with Gasteiger partial charge in [-0.1, -0.05) is 18.2 Å². The predicted octanol–water partition coefficient (Wildman–Crippen LogP) is 6.50. The molecule has 0 spiro atoms. The Balaban J connectivity index is 1.69. The van der Waals surface area contributed by atoms with E-state index in [0.717, 1.165) is 30.3 Å². The van der Waals surface area contributed by atoms with Gasteiger partial charge in [0, 0.05) is 18.2 Å². The number of nitrogens with one attached hydrogen (secondary N) is 2. The second kappa shape index (κ2) is 12.3. The molecular formula is C30H40N4O5. The highest BCUT2D eigenvalue weighted by Gasteiger charge is 2.21. The number of hydrogen-bond acceptors (Lipinski definition) is 6. The first-order chi connectivity index (χ1) is 18.2. The molecule has 39 heavy (non-hydrogen) atoms. The Morgan fingerprint density at radius 3 is 2.26 bits per heavy atom. The number of imidazole rings is 1. The van der Waals surface area contributed by atoms with Crippen LogP contribution < -0.4 is 10.6 Å². The maximum atomic E-state index is 13.2. The molecule has 0 saturated heterocycles. The first-order valence-electron chi connectivity index (χ1n) is 13.3. The van der Waals surface area contributed by atoms with Crippen molar-refractivity contribution in [2.45, 2.75) is 85.0 Å². The minimum Gasteiger partial charge on any atom is -0.456 e. The lowest BCUT2D eigenvalue weighted by Crippen LogP contribution is -2.33. The van der Waals surface area contributed by atoms with E-state index in [9.17, 15) is 14.4 Å². The minimum absolute atomic E-state index is 0.0299. The number of unbranched alkanes of at least 4 members (excludes halogenated alkanes) is 1. The van der Waals surface area contributed by atoms with Crippen molar-refractivity contribution in [1.82, 2.24) is 14.9 Å². The number of rotatable bonds is 9. The maximum absolute atomic E-state index is 13.2. The number of fused-ring (bicyclic) bond motifs is 1. The third kappa shape index (κ3) is 8.84. The van der Waals surface area contributed by atoms with E-state index in [-0.39, 0.29) is 11.9 Å². The standard InChI is InChI=1S/C30H40N4O5/c1-20(13-10-11-18-31-28(37)39-30(5,6)7)34-24-17-9-8-16-23(24)32-27(34)33-25(35)21-14-12-15-22(19-21)26(36)38-29(2,3)4/h8-9,12,14-17,19-20H,10-11,13,18H2,1-7H3,(H,31,37)(H,32,33,35). The van der Waals surface area contributed by atoms with E-state index in [0.29, 0.717) is 23.6 Å². The normalized spacial score (nSPS) is 12.6. The van der Waals surface area contributed by atoms with Crippen molar-refractivity contribution in [3.8, 4) is 0 Å². The molecule has 0 aliphatic heterocycles. The zero-order chi connectivity index (χ0) is 28.8. The first-order valence-corrected chi connectivity index (χ1v) is 13.3. The number of ether oxygens (including phenoxy) is 2. The van der Waals surface area contributed by atoms with E-state index in [1.165, 1.54) is 6.07 Å². The van der Waals surface area contributed by atoms with Crippen LogP contribution in [0.25, 0.3) is 11.0 Å². The number of benzene rings is 2. The smallest absolute Gasteiger partial charge is 0.407 e. The quantitative estimate of drug-likeness (QED) is 0.238. The highest BCUT2D eigenvalue weighted by atomic mass is 16.6. The van der Waals surface area contributed by atoms with Crippen molar-refractivity contribution in [2.24, 2.45) is 0 Å². The fourth-order valence-corrected chi connectivity index (χ4v) is 4.08. The Morgan fingerprint density at radius 2 is 1.56 bits per heavy atom. The molecule has 0 radical (unpaired) electrons. The summed E-state index contributed by atoms with van der Waals surface area (Å²) in [4.78, 5) is 42.3. The van der Waals surface area contributed by atoms with Gasteiger partial charge in [-0.15, -0.1) is 0 Å². The van der Waals surface area contributed by atoms with Gasteiger partial charge in [-0.05, 0) is 98.1 Å². The summed E-state index contributed by atoms with van der Waals surface area (Å²) in [5.41, 5.74) is 1.15. The van der Waals surface area contributed by atoms with Gasteiger partial charge in [-0.3, -0.25) is 10.1 Å². The van der Waals surface area contributed by atoms with Gasteiger partial charge in [0.2, 0.25) is 5.95 Å². The van der Waals surface area contributed by atoms with Crippen molar-refractivity contribution in [3.63, 3.8) is 0 Å². The van der Waals surface area contributed by atoms with Crippen molar-refractivity contribution < 1.29 is 23.9 Å². The van der Waals surface area contributed by atoms with Crippen molar-refractivity contribution in [1.29, 1.82) is 0 Å². The molecule has 2 N–H and O–H groups in total. The van der Waals surface area contributed by atoms with Gasteiger partial charge in [0.15, 0.2) is 0 Å². The minimum atomic E-state index is -0.637. The number of aromatic nitrogens is 2. The summed E-state index contributed by atoms with van der Waals surface area (Å²) >= 11 is 0. The van der Waals surface area contributed by atoms with E-state index < -0.39 is 23.3 Å². The van der Waals surface area contributed by atoms with Crippen molar-refractivity contribution in [2.75, 3.05) is 11.9 Å². The average molecular weight is 537 g/mol. The fraction of sp³-hybridized carbons (Fsp3) is 0.467. The van der Waals surface area contributed by atoms with E-state index in [1.54, 1.807) is 39.0 Å². The average Bonchev–Trinajstić information content (AvgIpc) is 3.19. The lowest BCUT2D eigenvalue weighted by atomic mass is 10.1. The van der Waals surface area contributed by atoms with Gasteiger partial charge in [0.25, 0.3) is 5.91 Å². The molecule has 1 unspecified atom stereocenters. The molecule has 9 heteroatoms. The molecule has 2 amide bonds. The fourth-order valence-electron chi connectivity index (χ4n) is 4.08. The van der Waals surface area contributed by atoms with Gasteiger partial charge < -0.3 is 19.4 Å². The number of para-hydroxylation sites is 2. The van der Waals surface area contributed by atoms with Crippen LogP contribution in [-0.2, 0) is 9.47 Å². The first kappa shape index (κ1) is 29.7. The van der Waals surface area contributed by atoms with E-state index in [2.05, 4.69) is 22.5 Å². The molecule has 0 aliphatic carbocycles. The summed E-state index contributed by atoms with van der Waals surface area (Å²) in [6.45, 7) is 13.5. The predicted molar refractivity (Wildman–Crippen MR) is 152 cm³/mol. The lowest BCUT2D eigenvalue weighted by molar-refractivity contribution is 0.00691. The van der Waals surface area contributed by atoms with Gasteiger partial charge >= 0.3 is 12.1 Å². The molecule has 2 aromatic carbocycles. The number of amides is 2. The number of nitrogens with zero attached hydrogens (tertiary/aromatic N) is 2. The summed E-state index contributed by atoms with van der Waals surface area (Å²) in [6, 6.07) is 14.2. The Kier molecular flexibility index (Phi) is 9.37. The van der Waals surface area contributed by atoms with Crippen molar-refractivity contribution in [3.05, 3.63) is 59.7 Å². The number of hydrogen-bond donors (Lipinski definition) is 2. The number of alkyl carbamates (subject to hydrolysis) is 1. The second-order valence-electron chi connectivity index (χ2n) is 11.6. The van der Waals surface area contributed by atoms with Gasteiger partial charge in [-0.25, -0.2) is 14.6 Å². The van der Waals surface area contributed by atoms with Crippen LogP contribution in [0.1, 0.15) is 94.5 Å². The van der Waals surface area contributed by atoms with Gasteiger partial charge in [0.1, 0.15) is 11.2 Å². The number of esters is 1. The molecule has 210 valence electrons.